The lowest BCUT2D eigenvalue weighted by atomic mass is 9.80. The normalized spacial score (nSPS) is 18.4. The number of carbonyl (C=O) groups excluding carboxylic acids is 1. The van der Waals surface area contributed by atoms with Gasteiger partial charge in [0, 0.05) is 25.8 Å². The molecule has 4 nitrogen and oxygen atoms in total. The van der Waals surface area contributed by atoms with Crippen molar-refractivity contribution in [3.05, 3.63) is 18.0 Å². The van der Waals surface area contributed by atoms with Gasteiger partial charge in [-0.15, -0.1) is 0 Å². The molecule has 0 aliphatic heterocycles. The number of nitrogens with zero attached hydrogens (tertiary/aromatic N) is 2. The highest BCUT2D eigenvalue weighted by Crippen LogP contribution is 2.33. The molecule has 1 aliphatic carbocycles. The fourth-order valence-electron chi connectivity index (χ4n) is 2.92. The Balaban J connectivity index is 2.06. The summed E-state index contributed by atoms with van der Waals surface area (Å²) in [4.78, 5) is 12.6. The van der Waals surface area contributed by atoms with E-state index in [1.165, 1.54) is 6.42 Å². The van der Waals surface area contributed by atoms with E-state index in [1.807, 2.05) is 24.7 Å². The minimum absolute atomic E-state index is 0.227. The zero-order chi connectivity index (χ0) is 13.7. The van der Waals surface area contributed by atoms with Crippen LogP contribution in [-0.4, -0.2) is 27.8 Å². The first-order valence-corrected chi connectivity index (χ1v) is 7.39. The van der Waals surface area contributed by atoms with Crippen LogP contribution in [0.3, 0.4) is 0 Å². The van der Waals surface area contributed by atoms with Crippen LogP contribution < -0.4 is 0 Å². The minimum atomic E-state index is -0.526. The van der Waals surface area contributed by atoms with E-state index in [9.17, 15) is 4.79 Å². The van der Waals surface area contributed by atoms with E-state index in [0.717, 1.165) is 37.8 Å². The van der Waals surface area contributed by atoms with Crippen LogP contribution in [0.2, 0.25) is 0 Å². The summed E-state index contributed by atoms with van der Waals surface area (Å²) >= 11 is 0. The molecule has 19 heavy (non-hydrogen) atoms. The number of ether oxygens (including phenoxy) is 1. The lowest BCUT2D eigenvalue weighted by Crippen LogP contribution is -2.44. The van der Waals surface area contributed by atoms with E-state index in [4.69, 9.17) is 4.74 Å². The average Bonchev–Trinajstić information content (AvgIpc) is 2.88. The number of hydrogen-bond acceptors (Lipinski definition) is 3. The largest absolute Gasteiger partial charge is 0.367 e. The van der Waals surface area contributed by atoms with Crippen LogP contribution >= 0.6 is 0 Å². The zero-order valence-electron chi connectivity index (χ0n) is 12.0. The van der Waals surface area contributed by atoms with Crippen molar-refractivity contribution in [2.24, 2.45) is 0 Å². The second kappa shape index (κ2) is 6.33. The number of aryl methyl sites for hydroxylation is 1. The Labute approximate surface area is 115 Å². The molecule has 0 atom stereocenters. The van der Waals surface area contributed by atoms with Gasteiger partial charge in [-0.05, 0) is 32.3 Å². The third kappa shape index (κ3) is 3.24. The van der Waals surface area contributed by atoms with Crippen LogP contribution in [0.25, 0.3) is 0 Å². The van der Waals surface area contributed by atoms with Gasteiger partial charge in [-0.3, -0.25) is 9.48 Å². The van der Waals surface area contributed by atoms with Gasteiger partial charge in [-0.2, -0.15) is 5.10 Å². The molecule has 106 valence electrons. The van der Waals surface area contributed by atoms with E-state index in [0.29, 0.717) is 13.0 Å². The Kier molecular flexibility index (Phi) is 4.75. The van der Waals surface area contributed by atoms with E-state index in [1.54, 1.807) is 6.20 Å². The molecule has 0 spiro atoms. The molecule has 0 saturated heterocycles. The summed E-state index contributed by atoms with van der Waals surface area (Å²) in [5.41, 5.74) is 0.470. The van der Waals surface area contributed by atoms with Gasteiger partial charge in [0.15, 0.2) is 5.78 Å². The quantitative estimate of drug-likeness (QED) is 0.793. The molecule has 0 N–H and O–H groups in total. The molecule has 0 unspecified atom stereocenters. The number of Topliss-reactive ketones (excluding diaryl/α,β-unsaturated/α-hetero) is 1. The highest BCUT2D eigenvalue weighted by Gasteiger charge is 2.39. The predicted octanol–water partition coefficient (Wildman–Crippen LogP) is 2.75. The molecule has 1 aromatic rings. The number of carbonyl (C=O) groups is 1. The van der Waals surface area contributed by atoms with Crippen LogP contribution in [0.4, 0.5) is 0 Å². The van der Waals surface area contributed by atoms with Crippen molar-refractivity contribution in [3.63, 3.8) is 0 Å². The number of rotatable bonds is 6. The lowest BCUT2D eigenvalue weighted by Gasteiger charge is -2.35. The third-order valence-electron chi connectivity index (χ3n) is 3.97. The Morgan fingerprint density at radius 2 is 2.11 bits per heavy atom. The summed E-state index contributed by atoms with van der Waals surface area (Å²) in [6.07, 6.45) is 9.36. The minimum Gasteiger partial charge on any atom is -0.367 e. The summed E-state index contributed by atoms with van der Waals surface area (Å²) < 4.78 is 7.72. The highest BCUT2D eigenvalue weighted by atomic mass is 16.5. The predicted molar refractivity (Wildman–Crippen MR) is 74.1 cm³/mol. The molecule has 0 radical (unpaired) electrons. The van der Waals surface area contributed by atoms with Gasteiger partial charge < -0.3 is 4.74 Å². The molecule has 1 saturated carbocycles. The van der Waals surface area contributed by atoms with Crippen molar-refractivity contribution in [1.29, 1.82) is 0 Å². The number of aromatic nitrogens is 2. The van der Waals surface area contributed by atoms with Crippen molar-refractivity contribution in [1.82, 2.24) is 9.78 Å². The number of ketones is 1. The maximum atomic E-state index is 12.6. The van der Waals surface area contributed by atoms with Gasteiger partial charge in [0.05, 0.1) is 6.20 Å². The van der Waals surface area contributed by atoms with Crippen molar-refractivity contribution >= 4 is 5.78 Å². The zero-order valence-corrected chi connectivity index (χ0v) is 12.0. The number of hydrogen-bond donors (Lipinski definition) is 0. The Morgan fingerprint density at radius 1 is 1.37 bits per heavy atom. The van der Waals surface area contributed by atoms with Crippen LogP contribution in [0.5, 0.6) is 0 Å². The van der Waals surface area contributed by atoms with Crippen molar-refractivity contribution in [2.75, 3.05) is 6.61 Å². The van der Waals surface area contributed by atoms with Gasteiger partial charge in [-0.1, -0.05) is 19.3 Å². The van der Waals surface area contributed by atoms with Crippen LogP contribution in [0.1, 0.15) is 51.5 Å². The summed E-state index contributed by atoms with van der Waals surface area (Å²) in [7, 11) is 0. The van der Waals surface area contributed by atoms with Gasteiger partial charge in [0.1, 0.15) is 5.60 Å². The van der Waals surface area contributed by atoms with E-state index in [-0.39, 0.29) is 5.78 Å². The second-order valence-corrected chi connectivity index (χ2v) is 5.29. The second-order valence-electron chi connectivity index (χ2n) is 5.29. The Morgan fingerprint density at radius 3 is 2.68 bits per heavy atom. The summed E-state index contributed by atoms with van der Waals surface area (Å²) in [5, 5.41) is 4.23. The molecule has 1 aliphatic rings. The molecule has 1 heterocycles. The molecular weight excluding hydrogens is 240 g/mol. The molecule has 1 aromatic heterocycles. The summed E-state index contributed by atoms with van der Waals surface area (Å²) in [6.45, 7) is 5.46. The summed E-state index contributed by atoms with van der Waals surface area (Å²) in [6, 6.07) is 0. The van der Waals surface area contributed by atoms with Gasteiger partial charge >= 0.3 is 0 Å². The standard InChI is InChI=1S/C15H24N2O2/c1-3-17-12-13(11-16-17)10-14(18)15(19-4-2)8-6-5-7-9-15/h11-12H,3-10H2,1-2H3. The first kappa shape index (κ1) is 14.3. The molecule has 4 heteroatoms. The summed E-state index contributed by atoms with van der Waals surface area (Å²) in [5.74, 6) is 0.227. The smallest absolute Gasteiger partial charge is 0.169 e. The van der Waals surface area contributed by atoms with E-state index >= 15 is 0 Å². The van der Waals surface area contributed by atoms with Crippen LogP contribution in [0, 0.1) is 0 Å². The Hall–Kier alpha value is -1.16. The first-order valence-electron chi connectivity index (χ1n) is 7.39. The topological polar surface area (TPSA) is 44.1 Å². The Bertz CT molecular complexity index is 414. The van der Waals surface area contributed by atoms with Crippen molar-refractivity contribution in [2.45, 2.75) is 64.5 Å². The fourth-order valence-corrected chi connectivity index (χ4v) is 2.92. The SMILES string of the molecule is CCOC1(C(=O)Cc2cnn(CC)c2)CCCCC1. The molecule has 0 amide bonds. The lowest BCUT2D eigenvalue weighted by molar-refractivity contribution is -0.148. The third-order valence-corrected chi connectivity index (χ3v) is 3.97. The fraction of sp³-hybridized carbons (Fsp3) is 0.733. The monoisotopic (exact) mass is 264 g/mol. The van der Waals surface area contributed by atoms with Crippen molar-refractivity contribution < 1.29 is 9.53 Å². The molecule has 1 fully saturated rings. The first-order chi connectivity index (χ1) is 9.20. The molecule has 0 bridgehead atoms. The maximum absolute atomic E-state index is 12.6. The van der Waals surface area contributed by atoms with Crippen LogP contribution in [0.15, 0.2) is 12.4 Å². The molecular formula is C15H24N2O2. The van der Waals surface area contributed by atoms with E-state index in [2.05, 4.69) is 5.10 Å². The average molecular weight is 264 g/mol. The van der Waals surface area contributed by atoms with Crippen molar-refractivity contribution in [3.8, 4) is 0 Å². The maximum Gasteiger partial charge on any atom is 0.169 e. The highest BCUT2D eigenvalue weighted by molar-refractivity contribution is 5.89. The molecule has 0 aromatic carbocycles. The van der Waals surface area contributed by atoms with Gasteiger partial charge in [0.25, 0.3) is 0 Å². The van der Waals surface area contributed by atoms with Crippen LogP contribution in [-0.2, 0) is 22.5 Å². The van der Waals surface area contributed by atoms with Gasteiger partial charge in [-0.25, -0.2) is 0 Å². The van der Waals surface area contributed by atoms with E-state index < -0.39 is 5.60 Å². The van der Waals surface area contributed by atoms with Gasteiger partial charge in [0.2, 0.25) is 0 Å². The molecule has 2 rings (SSSR count).